The number of thiazole rings is 1. The van der Waals surface area contributed by atoms with Crippen LogP contribution >= 0.6 is 23.1 Å². The zero-order chi connectivity index (χ0) is 16.6. The fourth-order valence-electron chi connectivity index (χ4n) is 2.15. The third-order valence-corrected chi connectivity index (χ3v) is 5.58. The molecular formula is C17H18N2O2S2. The van der Waals surface area contributed by atoms with Gasteiger partial charge in [-0.2, -0.15) is 0 Å². The van der Waals surface area contributed by atoms with Crippen LogP contribution in [0.2, 0.25) is 0 Å². The predicted molar refractivity (Wildman–Crippen MR) is 95.2 cm³/mol. The molecule has 0 spiro atoms. The van der Waals surface area contributed by atoms with Crippen LogP contribution in [0.3, 0.4) is 0 Å². The number of hydrogen-bond donors (Lipinski definition) is 0. The van der Waals surface area contributed by atoms with Gasteiger partial charge in [0.05, 0.1) is 27.5 Å². The first kappa shape index (κ1) is 16.2. The van der Waals surface area contributed by atoms with Gasteiger partial charge in [0.15, 0.2) is 5.78 Å². The van der Waals surface area contributed by atoms with Gasteiger partial charge in [0.25, 0.3) is 0 Å². The first-order valence-electron chi connectivity index (χ1n) is 7.38. The highest BCUT2D eigenvalue weighted by Crippen LogP contribution is 2.33. The van der Waals surface area contributed by atoms with Gasteiger partial charge >= 0.3 is 0 Å². The molecule has 0 N–H and O–H groups in total. The van der Waals surface area contributed by atoms with Crippen LogP contribution in [0.15, 0.2) is 35.4 Å². The fraction of sp³-hybridized carbons (Fsp3) is 0.353. The van der Waals surface area contributed by atoms with Crippen LogP contribution in [0.25, 0.3) is 10.2 Å². The Morgan fingerprint density at radius 2 is 2.09 bits per heavy atom. The van der Waals surface area contributed by atoms with Crippen LogP contribution in [-0.2, 0) is 16.1 Å². The average molecular weight is 346 g/mol. The Hall–Kier alpha value is -1.66. The minimum absolute atomic E-state index is 0.0298. The van der Waals surface area contributed by atoms with E-state index in [1.54, 1.807) is 22.3 Å². The van der Waals surface area contributed by atoms with Crippen molar-refractivity contribution in [3.05, 3.63) is 40.4 Å². The standard InChI is InChI=1S/C17H18N2O2S2/c1-17(2,3)13(20)8-16-19(15(21)10-22-16)9-14-18-11-6-4-5-7-12(11)23-14/h4-8H,9-10H2,1-3H3/b16-8-. The number of hydrogen-bond acceptors (Lipinski definition) is 5. The van der Waals surface area contributed by atoms with Gasteiger partial charge in [-0.05, 0) is 12.1 Å². The lowest BCUT2D eigenvalue weighted by Gasteiger charge is -2.18. The molecule has 0 unspecified atom stereocenters. The van der Waals surface area contributed by atoms with E-state index in [4.69, 9.17) is 0 Å². The van der Waals surface area contributed by atoms with Crippen molar-refractivity contribution in [2.24, 2.45) is 5.41 Å². The maximum Gasteiger partial charge on any atom is 0.238 e. The minimum Gasteiger partial charge on any atom is -0.299 e. The third kappa shape index (κ3) is 3.48. The topological polar surface area (TPSA) is 50.3 Å². The van der Waals surface area contributed by atoms with Gasteiger partial charge in [0.1, 0.15) is 5.01 Å². The van der Waals surface area contributed by atoms with E-state index in [9.17, 15) is 9.59 Å². The molecule has 1 aliphatic heterocycles. The molecular weight excluding hydrogens is 328 g/mol. The van der Waals surface area contributed by atoms with Crippen LogP contribution in [0.1, 0.15) is 25.8 Å². The lowest BCUT2D eigenvalue weighted by Crippen LogP contribution is -2.25. The summed E-state index contributed by atoms with van der Waals surface area (Å²) in [5, 5.41) is 1.62. The number of allylic oxidation sites excluding steroid dienone is 1. The van der Waals surface area contributed by atoms with E-state index in [-0.39, 0.29) is 11.7 Å². The van der Waals surface area contributed by atoms with E-state index in [1.807, 2.05) is 45.0 Å². The molecule has 2 heterocycles. The van der Waals surface area contributed by atoms with Crippen LogP contribution in [-0.4, -0.2) is 27.3 Å². The molecule has 23 heavy (non-hydrogen) atoms. The largest absolute Gasteiger partial charge is 0.299 e. The van der Waals surface area contributed by atoms with Crippen LogP contribution in [0.4, 0.5) is 0 Å². The van der Waals surface area contributed by atoms with E-state index < -0.39 is 5.41 Å². The summed E-state index contributed by atoms with van der Waals surface area (Å²) in [7, 11) is 0. The number of carbonyl (C=O) groups is 2. The van der Waals surface area contributed by atoms with Gasteiger partial charge in [-0.25, -0.2) is 4.98 Å². The highest BCUT2D eigenvalue weighted by atomic mass is 32.2. The average Bonchev–Trinajstić information content (AvgIpc) is 3.03. The Bertz CT molecular complexity index is 769. The monoisotopic (exact) mass is 346 g/mol. The van der Waals surface area contributed by atoms with Crippen molar-refractivity contribution >= 4 is 45.0 Å². The number of fused-ring (bicyclic) bond motifs is 1. The number of ketones is 1. The number of aromatic nitrogens is 1. The zero-order valence-corrected chi connectivity index (χ0v) is 15.0. The number of thioether (sulfide) groups is 1. The predicted octanol–water partition coefficient (Wildman–Crippen LogP) is 3.83. The molecule has 1 saturated heterocycles. The number of nitrogens with zero attached hydrogens (tertiary/aromatic N) is 2. The Kier molecular flexibility index (Phi) is 4.29. The summed E-state index contributed by atoms with van der Waals surface area (Å²) in [6, 6.07) is 7.93. The van der Waals surface area contributed by atoms with Crippen molar-refractivity contribution in [1.82, 2.24) is 9.88 Å². The van der Waals surface area contributed by atoms with E-state index in [1.165, 1.54) is 11.8 Å². The van der Waals surface area contributed by atoms with Gasteiger partial charge < -0.3 is 0 Å². The quantitative estimate of drug-likeness (QED) is 0.793. The van der Waals surface area contributed by atoms with Crippen LogP contribution in [0.5, 0.6) is 0 Å². The second kappa shape index (κ2) is 6.09. The molecule has 1 fully saturated rings. The molecule has 0 bridgehead atoms. The molecule has 120 valence electrons. The molecule has 1 aromatic carbocycles. The summed E-state index contributed by atoms with van der Waals surface area (Å²) < 4.78 is 1.11. The highest BCUT2D eigenvalue weighted by Gasteiger charge is 2.30. The SMILES string of the molecule is CC(C)(C)C(=O)/C=C1\SCC(=O)N1Cc1nc2ccccc2s1. The first-order valence-corrected chi connectivity index (χ1v) is 9.18. The van der Waals surface area contributed by atoms with Gasteiger partial charge in [0, 0.05) is 11.5 Å². The molecule has 1 aromatic heterocycles. The molecule has 0 saturated carbocycles. The molecule has 0 radical (unpaired) electrons. The maximum absolute atomic E-state index is 12.2. The number of rotatable bonds is 3. The van der Waals surface area contributed by atoms with Crippen LogP contribution in [0, 0.1) is 5.41 Å². The van der Waals surface area contributed by atoms with Gasteiger partial charge in [0.2, 0.25) is 5.91 Å². The van der Waals surface area contributed by atoms with Gasteiger partial charge in [-0.3, -0.25) is 14.5 Å². The normalized spacial score (nSPS) is 17.4. The summed E-state index contributed by atoms with van der Waals surface area (Å²) >= 11 is 3.01. The minimum atomic E-state index is -0.444. The summed E-state index contributed by atoms with van der Waals surface area (Å²) in [6.07, 6.45) is 1.60. The molecule has 6 heteroatoms. The summed E-state index contributed by atoms with van der Waals surface area (Å²) in [5.74, 6) is 0.444. The summed E-state index contributed by atoms with van der Waals surface area (Å²) in [5.41, 5.74) is 0.504. The first-order chi connectivity index (χ1) is 10.8. The number of amides is 1. The smallest absolute Gasteiger partial charge is 0.238 e. The van der Waals surface area contributed by atoms with E-state index in [0.717, 1.165) is 20.3 Å². The molecule has 1 amide bonds. The Labute approximate surface area is 143 Å². The van der Waals surface area contributed by atoms with E-state index in [2.05, 4.69) is 4.98 Å². The van der Waals surface area contributed by atoms with Gasteiger partial charge in [-0.1, -0.05) is 44.7 Å². The molecule has 0 aliphatic carbocycles. The Balaban J connectivity index is 1.85. The van der Waals surface area contributed by atoms with Crippen LogP contribution < -0.4 is 0 Å². The number of carbonyl (C=O) groups excluding carboxylic acids is 2. The molecule has 2 aromatic rings. The number of benzene rings is 1. The maximum atomic E-state index is 12.2. The highest BCUT2D eigenvalue weighted by molar-refractivity contribution is 8.04. The second-order valence-corrected chi connectivity index (χ2v) is 8.55. The Morgan fingerprint density at radius 1 is 1.35 bits per heavy atom. The lowest BCUT2D eigenvalue weighted by atomic mass is 9.91. The van der Waals surface area contributed by atoms with Crippen molar-refractivity contribution in [1.29, 1.82) is 0 Å². The fourth-order valence-corrected chi connectivity index (χ4v) is 4.05. The zero-order valence-electron chi connectivity index (χ0n) is 13.3. The second-order valence-electron chi connectivity index (χ2n) is 6.44. The molecule has 4 nitrogen and oxygen atoms in total. The summed E-state index contributed by atoms with van der Waals surface area (Å²) in [6.45, 7) is 6.07. The van der Waals surface area contributed by atoms with Gasteiger partial charge in [-0.15, -0.1) is 11.3 Å². The van der Waals surface area contributed by atoms with E-state index in [0.29, 0.717) is 12.3 Å². The molecule has 3 rings (SSSR count). The van der Waals surface area contributed by atoms with Crippen molar-refractivity contribution in [2.75, 3.05) is 5.75 Å². The number of para-hydroxylation sites is 1. The van der Waals surface area contributed by atoms with Crippen molar-refractivity contribution in [3.63, 3.8) is 0 Å². The molecule has 0 atom stereocenters. The summed E-state index contributed by atoms with van der Waals surface area (Å²) in [4.78, 5) is 30.6. The van der Waals surface area contributed by atoms with Crippen molar-refractivity contribution < 1.29 is 9.59 Å². The molecule has 1 aliphatic rings. The third-order valence-electron chi connectivity index (χ3n) is 3.54. The van der Waals surface area contributed by atoms with Crippen molar-refractivity contribution in [3.8, 4) is 0 Å². The lowest BCUT2D eigenvalue weighted by molar-refractivity contribution is -0.125. The van der Waals surface area contributed by atoms with Crippen molar-refractivity contribution in [2.45, 2.75) is 27.3 Å². The van der Waals surface area contributed by atoms with E-state index >= 15 is 0 Å². The Morgan fingerprint density at radius 3 is 2.78 bits per heavy atom.